The highest BCUT2D eigenvalue weighted by Gasteiger charge is 2.34. The van der Waals surface area contributed by atoms with Gasteiger partial charge in [0.15, 0.2) is 5.90 Å². The standard InChI is InChI=1S/C26H33N3O2/c1-19(2)25(27)29-17-23(18-29)26(30-4)28-20(3)22-12-14-24(15-13-22)31-16-8-11-21-9-6-5-7-10-21/h5-7,9-10,12-15,19,23,27H,3,8,11,16-18H2,1-2,4H3. The summed E-state index contributed by atoms with van der Waals surface area (Å²) in [6.45, 7) is 10.4. The molecule has 5 heteroatoms. The van der Waals surface area contributed by atoms with Crippen molar-refractivity contribution in [2.24, 2.45) is 16.8 Å². The van der Waals surface area contributed by atoms with Crippen molar-refractivity contribution in [3.63, 3.8) is 0 Å². The minimum atomic E-state index is 0.202. The summed E-state index contributed by atoms with van der Waals surface area (Å²) in [5, 5.41) is 8.10. The quantitative estimate of drug-likeness (QED) is 0.342. The molecule has 1 saturated heterocycles. The largest absolute Gasteiger partial charge is 0.494 e. The molecule has 0 saturated carbocycles. The van der Waals surface area contributed by atoms with Gasteiger partial charge in [0.25, 0.3) is 0 Å². The molecule has 164 valence electrons. The first-order valence-electron chi connectivity index (χ1n) is 10.9. The van der Waals surface area contributed by atoms with Crippen molar-refractivity contribution >= 4 is 17.4 Å². The topological polar surface area (TPSA) is 57.9 Å². The average molecular weight is 420 g/mol. The van der Waals surface area contributed by atoms with Gasteiger partial charge >= 0.3 is 0 Å². The third kappa shape index (κ3) is 6.20. The number of ether oxygens (including phenoxy) is 2. The lowest BCUT2D eigenvalue weighted by atomic mass is 9.97. The van der Waals surface area contributed by atoms with Crippen LogP contribution in [-0.2, 0) is 11.2 Å². The van der Waals surface area contributed by atoms with Crippen LogP contribution in [0.1, 0.15) is 31.4 Å². The molecule has 1 N–H and O–H groups in total. The van der Waals surface area contributed by atoms with Crippen molar-refractivity contribution in [1.29, 1.82) is 5.41 Å². The molecule has 0 aromatic heterocycles. The first kappa shape index (κ1) is 22.6. The summed E-state index contributed by atoms with van der Waals surface area (Å²) in [5.74, 6) is 2.64. The summed E-state index contributed by atoms with van der Waals surface area (Å²) in [4.78, 5) is 6.69. The van der Waals surface area contributed by atoms with Crippen molar-refractivity contribution < 1.29 is 9.47 Å². The predicted molar refractivity (Wildman–Crippen MR) is 128 cm³/mol. The Morgan fingerprint density at radius 1 is 1.13 bits per heavy atom. The maximum absolute atomic E-state index is 8.10. The van der Waals surface area contributed by atoms with Crippen molar-refractivity contribution in [1.82, 2.24) is 4.90 Å². The Morgan fingerprint density at radius 3 is 2.42 bits per heavy atom. The molecule has 5 nitrogen and oxygen atoms in total. The summed E-state index contributed by atoms with van der Waals surface area (Å²) >= 11 is 0. The molecular weight excluding hydrogens is 386 g/mol. The molecule has 2 aromatic carbocycles. The number of nitrogens with zero attached hydrogens (tertiary/aromatic N) is 2. The van der Waals surface area contributed by atoms with Gasteiger partial charge in [0.05, 0.1) is 31.2 Å². The van der Waals surface area contributed by atoms with E-state index in [2.05, 4.69) is 40.7 Å². The maximum Gasteiger partial charge on any atom is 0.194 e. The average Bonchev–Trinajstić information content (AvgIpc) is 2.75. The number of methoxy groups -OCH3 is 1. The second-order valence-corrected chi connectivity index (χ2v) is 8.20. The highest BCUT2D eigenvalue weighted by atomic mass is 16.5. The molecule has 1 aliphatic rings. The molecule has 1 heterocycles. The van der Waals surface area contributed by atoms with Crippen LogP contribution >= 0.6 is 0 Å². The van der Waals surface area contributed by atoms with E-state index in [0.29, 0.717) is 24.0 Å². The van der Waals surface area contributed by atoms with Gasteiger partial charge in [0, 0.05) is 19.0 Å². The first-order chi connectivity index (χ1) is 15.0. The lowest BCUT2D eigenvalue weighted by Gasteiger charge is -2.41. The number of rotatable bonds is 9. The molecule has 0 amide bonds. The van der Waals surface area contributed by atoms with Gasteiger partial charge in [-0.2, -0.15) is 0 Å². The summed E-state index contributed by atoms with van der Waals surface area (Å²) in [6, 6.07) is 18.3. The third-order valence-electron chi connectivity index (χ3n) is 5.48. The molecule has 0 bridgehead atoms. The fourth-order valence-corrected chi connectivity index (χ4v) is 3.55. The highest BCUT2D eigenvalue weighted by Crippen LogP contribution is 2.24. The molecule has 0 radical (unpaired) electrons. The van der Waals surface area contributed by atoms with Crippen LogP contribution in [-0.4, -0.2) is 43.4 Å². The SMILES string of the molecule is C=C(N=C(OC)C1CN(C(=N)C(C)C)C1)c1ccc(OCCCc2ccccc2)cc1. The molecule has 1 aliphatic heterocycles. The lowest BCUT2D eigenvalue weighted by molar-refractivity contribution is 0.203. The smallest absolute Gasteiger partial charge is 0.194 e. The van der Waals surface area contributed by atoms with Gasteiger partial charge in [-0.05, 0) is 48.2 Å². The highest BCUT2D eigenvalue weighted by molar-refractivity contribution is 5.89. The number of aryl methyl sites for hydroxylation is 1. The zero-order valence-corrected chi connectivity index (χ0v) is 18.8. The van der Waals surface area contributed by atoms with E-state index in [0.717, 1.165) is 37.2 Å². The van der Waals surface area contributed by atoms with Gasteiger partial charge in [-0.25, -0.2) is 4.99 Å². The Labute approximate surface area is 185 Å². The van der Waals surface area contributed by atoms with E-state index in [1.54, 1.807) is 7.11 Å². The number of nitrogens with one attached hydrogen (secondary N) is 1. The minimum Gasteiger partial charge on any atom is -0.494 e. The monoisotopic (exact) mass is 419 g/mol. The van der Waals surface area contributed by atoms with Gasteiger partial charge in [-0.1, -0.05) is 50.8 Å². The Bertz CT molecular complexity index is 898. The molecule has 0 spiro atoms. The number of hydrogen-bond acceptors (Lipinski definition) is 4. The molecule has 0 atom stereocenters. The Morgan fingerprint density at radius 2 is 1.81 bits per heavy atom. The van der Waals surface area contributed by atoms with Crippen LogP contribution in [0, 0.1) is 17.2 Å². The number of amidine groups is 1. The van der Waals surface area contributed by atoms with Gasteiger partial charge < -0.3 is 14.4 Å². The predicted octanol–water partition coefficient (Wildman–Crippen LogP) is 5.28. The second-order valence-electron chi connectivity index (χ2n) is 8.20. The van der Waals surface area contributed by atoms with Crippen molar-refractivity contribution in [2.75, 3.05) is 26.8 Å². The molecule has 0 unspecified atom stereocenters. The van der Waals surface area contributed by atoms with Gasteiger partial charge in [0.1, 0.15) is 5.75 Å². The number of aliphatic imine (C=N–C) groups is 1. The second kappa shape index (κ2) is 10.8. The Kier molecular flexibility index (Phi) is 7.88. The van der Waals surface area contributed by atoms with E-state index in [1.165, 1.54) is 5.56 Å². The van der Waals surface area contributed by atoms with Crippen LogP contribution in [0.5, 0.6) is 5.75 Å². The van der Waals surface area contributed by atoms with Gasteiger partial charge in [0.2, 0.25) is 0 Å². The molecule has 31 heavy (non-hydrogen) atoms. The maximum atomic E-state index is 8.10. The van der Waals surface area contributed by atoms with Crippen molar-refractivity contribution in [2.45, 2.75) is 26.7 Å². The van der Waals surface area contributed by atoms with E-state index < -0.39 is 0 Å². The fraction of sp³-hybridized carbons (Fsp3) is 0.385. The van der Waals surface area contributed by atoms with Crippen molar-refractivity contribution in [3.8, 4) is 5.75 Å². The molecule has 1 fully saturated rings. The molecule has 0 aliphatic carbocycles. The minimum absolute atomic E-state index is 0.202. The van der Waals surface area contributed by atoms with Crippen LogP contribution in [0.15, 0.2) is 66.2 Å². The molecular formula is C26H33N3O2. The third-order valence-corrected chi connectivity index (χ3v) is 5.48. The van der Waals surface area contributed by atoms with Crippen LogP contribution in [0.2, 0.25) is 0 Å². The first-order valence-corrected chi connectivity index (χ1v) is 10.9. The van der Waals surface area contributed by atoms with Crippen molar-refractivity contribution in [3.05, 3.63) is 72.3 Å². The van der Waals surface area contributed by atoms with Gasteiger partial charge in [-0.3, -0.25) is 5.41 Å². The number of hydrogen-bond donors (Lipinski definition) is 1. The van der Waals surface area contributed by atoms with Crippen LogP contribution in [0.3, 0.4) is 0 Å². The van der Waals surface area contributed by atoms with E-state index in [-0.39, 0.29) is 11.8 Å². The molecule has 2 aromatic rings. The summed E-state index contributed by atoms with van der Waals surface area (Å²) in [6.07, 6.45) is 1.99. The van der Waals surface area contributed by atoms with Crippen LogP contribution < -0.4 is 4.74 Å². The summed E-state index contributed by atoms with van der Waals surface area (Å²) < 4.78 is 11.4. The molecule has 3 rings (SSSR count). The van der Waals surface area contributed by atoms with Crippen LogP contribution in [0.25, 0.3) is 5.70 Å². The summed E-state index contributed by atoms with van der Waals surface area (Å²) in [7, 11) is 1.65. The van der Waals surface area contributed by atoms with Crippen LogP contribution in [0.4, 0.5) is 0 Å². The van der Waals surface area contributed by atoms with E-state index >= 15 is 0 Å². The summed E-state index contributed by atoms with van der Waals surface area (Å²) in [5.41, 5.74) is 2.95. The number of benzene rings is 2. The normalized spacial score (nSPS) is 14.3. The Hall–Kier alpha value is -3.08. The van der Waals surface area contributed by atoms with E-state index in [9.17, 15) is 0 Å². The van der Waals surface area contributed by atoms with E-state index in [1.807, 2.05) is 44.2 Å². The lowest BCUT2D eigenvalue weighted by Crippen LogP contribution is -2.54. The fourth-order valence-electron chi connectivity index (χ4n) is 3.55. The number of likely N-dealkylation sites (tertiary alicyclic amines) is 1. The van der Waals surface area contributed by atoms with E-state index in [4.69, 9.17) is 14.9 Å². The Balaban J connectivity index is 1.48. The zero-order valence-electron chi connectivity index (χ0n) is 18.8. The van der Waals surface area contributed by atoms with Gasteiger partial charge in [-0.15, -0.1) is 0 Å². The zero-order chi connectivity index (χ0) is 22.2.